The molecule has 0 saturated heterocycles. The number of ether oxygens (including phenoxy) is 1. The van der Waals surface area contributed by atoms with Crippen molar-refractivity contribution in [1.29, 1.82) is 0 Å². The van der Waals surface area contributed by atoms with Gasteiger partial charge in [-0.25, -0.2) is 9.97 Å². The maximum Gasteiger partial charge on any atom is 0.205 e. The first-order valence-electron chi connectivity index (χ1n) is 8.12. The summed E-state index contributed by atoms with van der Waals surface area (Å²) >= 11 is 0. The molecule has 1 aliphatic rings. The fourth-order valence-electron chi connectivity index (χ4n) is 2.81. The second-order valence-electron chi connectivity index (χ2n) is 5.88. The van der Waals surface area contributed by atoms with Crippen molar-refractivity contribution in [3.05, 3.63) is 95.6 Å². The molecule has 0 radical (unpaired) electrons. The van der Waals surface area contributed by atoms with Crippen LogP contribution in [0.5, 0.6) is 11.5 Å². The Morgan fingerprint density at radius 1 is 0.885 bits per heavy atom. The van der Waals surface area contributed by atoms with Crippen LogP contribution in [0.25, 0.3) is 0 Å². The molecule has 5 heteroatoms. The van der Waals surface area contributed by atoms with Gasteiger partial charge in [0.1, 0.15) is 23.5 Å². The van der Waals surface area contributed by atoms with Gasteiger partial charge in [-0.3, -0.25) is 9.59 Å². The quantitative estimate of drug-likeness (QED) is 0.721. The van der Waals surface area contributed by atoms with E-state index >= 15 is 0 Å². The molecule has 0 atom stereocenters. The first-order chi connectivity index (χ1) is 12.7. The van der Waals surface area contributed by atoms with Crippen LogP contribution in [-0.2, 0) is 6.42 Å². The van der Waals surface area contributed by atoms with E-state index in [1.54, 1.807) is 0 Å². The van der Waals surface area contributed by atoms with E-state index in [2.05, 4.69) is 9.97 Å². The normalized spacial score (nSPS) is 13.2. The van der Waals surface area contributed by atoms with Crippen molar-refractivity contribution in [3.8, 4) is 11.5 Å². The number of aromatic nitrogens is 2. The molecule has 1 heterocycles. The topological polar surface area (TPSA) is 69.2 Å². The Balaban J connectivity index is 1.51. The van der Waals surface area contributed by atoms with Crippen LogP contribution < -0.4 is 4.74 Å². The number of benzene rings is 2. The molecule has 2 aromatic carbocycles. The van der Waals surface area contributed by atoms with Gasteiger partial charge in [-0.2, -0.15) is 0 Å². The molecule has 3 aromatic rings. The van der Waals surface area contributed by atoms with Gasteiger partial charge in [0, 0.05) is 18.2 Å². The molecule has 0 aliphatic heterocycles. The van der Waals surface area contributed by atoms with Crippen LogP contribution in [-0.4, -0.2) is 21.5 Å². The van der Waals surface area contributed by atoms with Crippen LogP contribution in [0.4, 0.5) is 0 Å². The van der Waals surface area contributed by atoms with E-state index in [0.717, 1.165) is 11.3 Å². The van der Waals surface area contributed by atoms with Gasteiger partial charge < -0.3 is 4.74 Å². The predicted octanol–water partition coefficient (Wildman–Crippen LogP) is 3.82. The first kappa shape index (κ1) is 15.9. The van der Waals surface area contributed by atoms with Gasteiger partial charge in [0.15, 0.2) is 5.78 Å². The van der Waals surface area contributed by atoms with Crippen molar-refractivity contribution in [2.24, 2.45) is 0 Å². The number of fused-ring (bicyclic) bond motifs is 1. The van der Waals surface area contributed by atoms with E-state index in [4.69, 9.17) is 4.74 Å². The third-order valence-corrected chi connectivity index (χ3v) is 4.08. The lowest BCUT2D eigenvalue weighted by atomic mass is 9.90. The van der Waals surface area contributed by atoms with Crippen molar-refractivity contribution in [2.45, 2.75) is 6.42 Å². The lowest BCUT2D eigenvalue weighted by Crippen LogP contribution is -2.20. The average molecular weight is 342 g/mol. The molecule has 26 heavy (non-hydrogen) atoms. The van der Waals surface area contributed by atoms with Gasteiger partial charge in [0.2, 0.25) is 5.78 Å². The minimum absolute atomic E-state index is 0.167. The summed E-state index contributed by atoms with van der Waals surface area (Å²) in [4.78, 5) is 32.4. The summed E-state index contributed by atoms with van der Waals surface area (Å²) in [5.41, 5.74) is 1.78. The summed E-state index contributed by atoms with van der Waals surface area (Å²) < 4.78 is 5.76. The number of allylic oxidation sites excluding steroid dienone is 2. The summed E-state index contributed by atoms with van der Waals surface area (Å²) in [6, 6.07) is 16.9. The number of ketones is 2. The van der Waals surface area contributed by atoms with Gasteiger partial charge in [-0.15, -0.1) is 0 Å². The number of hydrogen-bond donors (Lipinski definition) is 0. The van der Waals surface area contributed by atoms with Crippen LogP contribution in [0.3, 0.4) is 0 Å². The molecule has 1 aliphatic carbocycles. The molecule has 0 fully saturated rings. The second-order valence-corrected chi connectivity index (χ2v) is 5.88. The molecule has 0 saturated carbocycles. The van der Waals surface area contributed by atoms with E-state index < -0.39 is 0 Å². The van der Waals surface area contributed by atoms with Crippen LogP contribution in [0.2, 0.25) is 0 Å². The van der Waals surface area contributed by atoms with E-state index in [0.29, 0.717) is 17.7 Å². The monoisotopic (exact) mass is 342 g/mol. The van der Waals surface area contributed by atoms with Crippen LogP contribution >= 0.6 is 0 Å². The van der Waals surface area contributed by atoms with Gasteiger partial charge in [0.25, 0.3) is 0 Å². The molecule has 0 unspecified atom stereocenters. The van der Waals surface area contributed by atoms with Crippen molar-refractivity contribution in [1.82, 2.24) is 9.97 Å². The standard InChI is InChI=1S/C21H14N2O3/c24-19-11-15(21(25)18-12-22-13-23-20(18)19)10-14-6-8-17(9-7-14)26-16-4-2-1-3-5-16/h1-9,11-13H,10H2. The van der Waals surface area contributed by atoms with E-state index in [1.165, 1.54) is 18.6 Å². The highest BCUT2D eigenvalue weighted by atomic mass is 16.5. The fourth-order valence-corrected chi connectivity index (χ4v) is 2.81. The van der Waals surface area contributed by atoms with Crippen LogP contribution in [0.1, 0.15) is 26.4 Å². The Hall–Kier alpha value is -3.60. The average Bonchev–Trinajstić information content (AvgIpc) is 2.68. The van der Waals surface area contributed by atoms with Crippen molar-refractivity contribution >= 4 is 11.6 Å². The van der Waals surface area contributed by atoms with Gasteiger partial charge >= 0.3 is 0 Å². The minimum Gasteiger partial charge on any atom is -0.457 e. The van der Waals surface area contributed by atoms with Gasteiger partial charge in [-0.05, 0) is 35.9 Å². The highest BCUT2D eigenvalue weighted by Crippen LogP contribution is 2.24. The molecular weight excluding hydrogens is 328 g/mol. The molecule has 126 valence electrons. The SMILES string of the molecule is O=C1C(Cc2ccc(Oc3ccccc3)cc2)=CC(=O)c2ncncc21. The first-order valence-corrected chi connectivity index (χ1v) is 8.12. The molecule has 0 amide bonds. The number of Topliss-reactive ketones (excluding diaryl/α,β-unsaturated/α-hetero) is 1. The van der Waals surface area contributed by atoms with Crippen molar-refractivity contribution in [2.75, 3.05) is 0 Å². The van der Waals surface area contributed by atoms with Gasteiger partial charge in [-0.1, -0.05) is 30.3 Å². The number of carbonyl (C=O) groups is 2. The molecule has 0 spiro atoms. The number of para-hydroxylation sites is 1. The summed E-state index contributed by atoms with van der Waals surface area (Å²) in [7, 11) is 0. The third-order valence-electron chi connectivity index (χ3n) is 4.08. The highest BCUT2D eigenvalue weighted by molar-refractivity contribution is 6.23. The Bertz CT molecular complexity index is 1010. The van der Waals surface area contributed by atoms with E-state index in [9.17, 15) is 9.59 Å². The molecule has 0 N–H and O–H groups in total. The Morgan fingerprint density at radius 2 is 1.62 bits per heavy atom. The zero-order valence-electron chi connectivity index (χ0n) is 13.8. The van der Waals surface area contributed by atoms with Crippen molar-refractivity contribution < 1.29 is 14.3 Å². The van der Waals surface area contributed by atoms with E-state index in [-0.39, 0.29) is 22.8 Å². The third kappa shape index (κ3) is 3.15. The highest BCUT2D eigenvalue weighted by Gasteiger charge is 2.26. The zero-order chi connectivity index (χ0) is 17.9. The lowest BCUT2D eigenvalue weighted by Gasteiger charge is -2.14. The summed E-state index contributed by atoms with van der Waals surface area (Å²) in [5.74, 6) is 0.997. The lowest BCUT2D eigenvalue weighted by molar-refractivity contribution is 0.0978. The second kappa shape index (κ2) is 6.72. The summed E-state index contributed by atoms with van der Waals surface area (Å²) in [6.45, 7) is 0. The molecule has 0 bridgehead atoms. The predicted molar refractivity (Wildman–Crippen MR) is 95.4 cm³/mol. The number of carbonyl (C=O) groups excluding carboxylic acids is 2. The van der Waals surface area contributed by atoms with Crippen molar-refractivity contribution in [3.63, 3.8) is 0 Å². The zero-order valence-corrected chi connectivity index (χ0v) is 13.8. The number of rotatable bonds is 4. The minimum atomic E-state index is -0.263. The number of hydrogen-bond acceptors (Lipinski definition) is 5. The Labute approximate surface area is 150 Å². The molecule has 4 rings (SSSR count). The molecule has 1 aromatic heterocycles. The Morgan fingerprint density at radius 3 is 2.38 bits per heavy atom. The van der Waals surface area contributed by atoms with Crippen LogP contribution in [0, 0.1) is 0 Å². The van der Waals surface area contributed by atoms with E-state index in [1.807, 2.05) is 54.6 Å². The molecule has 5 nitrogen and oxygen atoms in total. The maximum absolute atomic E-state index is 12.5. The summed E-state index contributed by atoms with van der Waals surface area (Å²) in [5, 5.41) is 0. The van der Waals surface area contributed by atoms with Crippen LogP contribution in [0.15, 0.2) is 78.8 Å². The smallest absolute Gasteiger partial charge is 0.205 e. The molecular formula is C21H14N2O3. The Kier molecular flexibility index (Phi) is 4.11. The number of nitrogens with zero attached hydrogens (tertiary/aromatic N) is 2. The largest absolute Gasteiger partial charge is 0.457 e. The summed E-state index contributed by atoms with van der Waals surface area (Å²) in [6.07, 6.45) is 4.40. The van der Waals surface area contributed by atoms with Gasteiger partial charge in [0.05, 0.1) is 5.56 Å². The maximum atomic E-state index is 12.5. The fraction of sp³-hybridized carbons (Fsp3) is 0.0476.